The fourth-order valence-electron chi connectivity index (χ4n) is 13.8. The molecular formula is C78H110O4. The van der Waals surface area contributed by atoms with Crippen molar-refractivity contribution in [3.8, 4) is 34.1 Å². The second-order valence-electron chi connectivity index (χ2n) is 25.3. The molecule has 82 heavy (non-hydrogen) atoms. The normalized spacial score (nSPS) is 17.3. The van der Waals surface area contributed by atoms with Gasteiger partial charge in [0, 0.05) is 11.1 Å². The highest BCUT2D eigenvalue weighted by Gasteiger charge is 2.24. The van der Waals surface area contributed by atoms with Crippen LogP contribution in [0.1, 0.15) is 268 Å². The Morgan fingerprint density at radius 2 is 0.610 bits per heavy atom. The predicted octanol–water partition coefficient (Wildman–Crippen LogP) is 24.1. The highest BCUT2D eigenvalue weighted by atomic mass is 16.5. The van der Waals surface area contributed by atoms with Crippen molar-refractivity contribution in [3.05, 3.63) is 132 Å². The Bertz CT molecular complexity index is 2430. The largest absolute Gasteiger partial charge is 0.494 e. The highest BCUT2D eigenvalue weighted by molar-refractivity contribution is 6.09. The molecule has 0 saturated heterocycles. The molecule has 0 aliphatic heterocycles. The van der Waals surface area contributed by atoms with E-state index < -0.39 is 0 Å². The van der Waals surface area contributed by atoms with Crippen LogP contribution in [0.25, 0.3) is 32.7 Å². The van der Waals surface area contributed by atoms with Crippen molar-refractivity contribution in [2.45, 2.75) is 257 Å². The van der Waals surface area contributed by atoms with E-state index in [1.54, 1.807) is 0 Å². The third-order valence-electron chi connectivity index (χ3n) is 19.0. The number of hydrogen-bond acceptors (Lipinski definition) is 4. The average Bonchev–Trinajstić information content (AvgIpc) is 3.71. The summed E-state index contributed by atoms with van der Waals surface area (Å²) in [4.78, 5) is 0. The summed E-state index contributed by atoms with van der Waals surface area (Å²) in [5.74, 6) is 7.42. The molecule has 0 bridgehead atoms. The summed E-state index contributed by atoms with van der Waals surface area (Å²) in [5, 5.41) is 4.88. The lowest BCUT2D eigenvalue weighted by molar-refractivity contribution is 0.299. The van der Waals surface area contributed by atoms with Crippen molar-refractivity contribution in [1.82, 2.24) is 0 Å². The first-order valence-corrected chi connectivity index (χ1v) is 34.4. The molecule has 0 radical (unpaired) electrons. The van der Waals surface area contributed by atoms with Gasteiger partial charge in [-0.25, -0.2) is 0 Å². The molecule has 4 heteroatoms. The van der Waals surface area contributed by atoms with E-state index in [0.717, 1.165) is 110 Å². The molecule has 446 valence electrons. The van der Waals surface area contributed by atoms with E-state index in [2.05, 4.69) is 135 Å². The molecule has 0 aromatic heterocycles. The van der Waals surface area contributed by atoms with Gasteiger partial charge in [-0.1, -0.05) is 253 Å². The van der Waals surface area contributed by atoms with Gasteiger partial charge in [-0.15, -0.1) is 0 Å². The zero-order valence-electron chi connectivity index (χ0n) is 51.8. The number of rotatable bonds is 41. The van der Waals surface area contributed by atoms with Gasteiger partial charge in [0.05, 0.1) is 26.4 Å². The Labute approximate surface area is 499 Å². The predicted molar refractivity (Wildman–Crippen MR) is 352 cm³/mol. The first-order valence-electron chi connectivity index (χ1n) is 34.4. The van der Waals surface area contributed by atoms with E-state index >= 15 is 0 Å². The van der Waals surface area contributed by atoms with Crippen LogP contribution in [0.3, 0.4) is 0 Å². The van der Waals surface area contributed by atoms with Gasteiger partial charge in [0.15, 0.2) is 0 Å². The van der Waals surface area contributed by atoms with Crippen LogP contribution in [0, 0.1) is 11.8 Å². The molecular weight excluding hydrogens is 1000 g/mol. The van der Waals surface area contributed by atoms with Crippen molar-refractivity contribution in [2.75, 3.05) is 26.4 Å². The van der Waals surface area contributed by atoms with Crippen molar-refractivity contribution >= 4 is 21.5 Å². The molecule has 2 aliphatic rings. The Balaban J connectivity index is 0.665. The lowest BCUT2D eigenvalue weighted by atomic mass is 9.77. The second-order valence-corrected chi connectivity index (χ2v) is 25.3. The van der Waals surface area contributed by atoms with Gasteiger partial charge >= 0.3 is 0 Å². The van der Waals surface area contributed by atoms with Gasteiger partial charge in [0.25, 0.3) is 0 Å². The summed E-state index contributed by atoms with van der Waals surface area (Å²) < 4.78 is 25.8. The summed E-state index contributed by atoms with van der Waals surface area (Å²) in [7, 11) is 0. The van der Waals surface area contributed by atoms with Crippen molar-refractivity contribution in [1.29, 1.82) is 0 Å². The van der Waals surface area contributed by atoms with E-state index in [4.69, 9.17) is 18.9 Å². The summed E-state index contributed by atoms with van der Waals surface area (Å²) in [6.07, 6.45) is 47.5. The Morgan fingerprint density at radius 1 is 0.293 bits per heavy atom. The van der Waals surface area contributed by atoms with Crippen LogP contribution in [0.15, 0.2) is 121 Å². The fraction of sp³-hybridized carbons (Fsp3) is 0.590. The van der Waals surface area contributed by atoms with Crippen LogP contribution in [0.5, 0.6) is 23.0 Å². The molecule has 2 fully saturated rings. The van der Waals surface area contributed by atoms with Gasteiger partial charge in [-0.3, -0.25) is 0 Å². The SMILES string of the molecule is CCCCCC1CCC(c2ccc(OCCCCCCCCCCCCOc3ccc4ccccc4c3-c3c(OCCCCCCCCCCCCOc4ccc(C5CCC(CCCCC)CC5)cc4)ccc4ccccc34)cc2)CC1. The molecule has 6 aromatic carbocycles. The lowest BCUT2D eigenvalue weighted by Gasteiger charge is -2.29. The summed E-state index contributed by atoms with van der Waals surface area (Å²) >= 11 is 0. The minimum absolute atomic E-state index is 0.725. The molecule has 0 spiro atoms. The molecule has 0 atom stereocenters. The second kappa shape index (κ2) is 37.4. The first kappa shape index (κ1) is 63.1. The van der Waals surface area contributed by atoms with E-state index in [0.29, 0.717) is 0 Å². The third-order valence-corrected chi connectivity index (χ3v) is 19.0. The van der Waals surface area contributed by atoms with Crippen molar-refractivity contribution < 1.29 is 18.9 Å². The lowest BCUT2D eigenvalue weighted by Crippen LogP contribution is -2.13. The smallest absolute Gasteiger partial charge is 0.127 e. The quantitative estimate of drug-likeness (QED) is 0.0359. The molecule has 2 aliphatic carbocycles. The topological polar surface area (TPSA) is 36.9 Å². The molecule has 0 heterocycles. The average molecular weight is 1110 g/mol. The molecule has 4 nitrogen and oxygen atoms in total. The monoisotopic (exact) mass is 1110 g/mol. The minimum atomic E-state index is 0.725. The van der Waals surface area contributed by atoms with Gasteiger partial charge in [0.1, 0.15) is 23.0 Å². The van der Waals surface area contributed by atoms with Gasteiger partial charge in [-0.2, -0.15) is 0 Å². The number of benzene rings is 6. The van der Waals surface area contributed by atoms with Crippen molar-refractivity contribution in [3.63, 3.8) is 0 Å². The molecule has 6 aromatic rings. The van der Waals surface area contributed by atoms with Gasteiger partial charge in [-0.05, 0) is 170 Å². The standard InChI is InChI=1S/C78H110O4/c1-3-5-23-33-63-39-43-65(44-40-63)67-47-53-71(54-48-67)79-59-29-19-15-11-7-9-13-17-21-31-61-81-75-57-51-69-35-25-27-37-73(69)77(75)78-74-38-28-26-36-70(74)52-58-76(78)82-62-32-22-18-14-10-8-12-16-20-30-60-80-72-55-49-68(50-56-72)66-45-41-64(42-46-66)34-24-6-4-2/h25-28,35-38,47-58,63-66H,3-24,29-34,39-46,59-62H2,1-2H3. The Kier molecular flexibility index (Phi) is 28.7. The van der Waals surface area contributed by atoms with Gasteiger partial charge in [0.2, 0.25) is 0 Å². The van der Waals surface area contributed by atoms with Gasteiger partial charge < -0.3 is 18.9 Å². The molecule has 2 saturated carbocycles. The Morgan fingerprint density at radius 3 is 0.951 bits per heavy atom. The number of ether oxygens (including phenoxy) is 4. The molecule has 0 unspecified atom stereocenters. The number of fused-ring (bicyclic) bond motifs is 2. The maximum atomic E-state index is 6.77. The van der Waals surface area contributed by atoms with E-state index in [9.17, 15) is 0 Å². The maximum absolute atomic E-state index is 6.77. The molecule has 0 N–H and O–H groups in total. The summed E-state index contributed by atoms with van der Waals surface area (Å²) in [6, 6.07) is 44.6. The minimum Gasteiger partial charge on any atom is -0.494 e. The summed E-state index contributed by atoms with van der Waals surface area (Å²) in [6.45, 7) is 7.74. The first-order chi connectivity index (χ1) is 40.7. The van der Waals surface area contributed by atoms with Crippen LogP contribution < -0.4 is 18.9 Å². The Hall–Kier alpha value is -4.96. The van der Waals surface area contributed by atoms with E-state index in [1.807, 2.05) is 0 Å². The maximum Gasteiger partial charge on any atom is 0.127 e. The zero-order chi connectivity index (χ0) is 56.5. The third kappa shape index (κ3) is 21.3. The number of unbranched alkanes of at least 4 members (excludes halogenated alkanes) is 22. The zero-order valence-corrected chi connectivity index (χ0v) is 51.8. The molecule has 8 rings (SSSR count). The van der Waals surface area contributed by atoms with Crippen LogP contribution >= 0.6 is 0 Å². The van der Waals surface area contributed by atoms with Crippen LogP contribution in [0.4, 0.5) is 0 Å². The summed E-state index contributed by atoms with van der Waals surface area (Å²) in [5.41, 5.74) is 5.36. The molecule has 0 amide bonds. The van der Waals surface area contributed by atoms with Crippen LogP contribution in [-0.2, 0) is 0 Å². The van der Waals surface area contributed by atoms with Crippen LogP contribution in [0.2, 0.25) is 0 Å². The highest BCUT2D eigenvalue weighted by Crippen LogP contribution is 2.46. The fourth-order valence-corrected chi connectivity index (χ4v) is 13.8. The van der Waals surface area contributed by atoms with E-state index in [-0.39, 0.29) is 0 Å². The van der Waals surface area contributed by atoms with Crippen LogP contribution in [-0.4, -0.2) is 26.4 Å². The van der Waals surface area contributed by atoms with Crippen molar-refractivity contribution in [2.24, 2.45) is 11.8 Å². The van der Waals surface area contributed by atoms with E-state index in [1.165, 1.54) is 238 Å². The number of hydrogen-bond donors (Lipinski definition) is 0.